The van der Waals surface area contributed by atoms with E-state index >= 15 is 0 Å². The topological polar surface area (TPSA) is 41.9 Å². The molecule has 0 aliphatic rings. The van der Waals surface area contributed by atoms with Crippen LogP contribution in [0.1, 0.15) is 5.56 Å². The van der Waals surface area contributed by atoms with Crippen LogP contribution in [0.3, 0.4) is 0 Å². The highest BCUT2D eigenvalue weighted by Gasteiger charge is 2.14. The number of fused-ring (bicyclic) bond motifs is 6. The van der Waals surface area contributed by atoms with E-state index in [4.69, 9.17) is 4.42 Å². The first-order chi connectivity index (χ1) is 16.8. The van der Waals surface area contributed by atoms with E-state index in [-0.39, 0.29) is 0 Å². The summed E-state index contributed by atoms with van der Waals surface area (Å²) in [6.45, 7) is 0. The van der Waals surface area contributed by atoms with E-state index in [0.29, 0.717) is 5.56 Å². The van der Waals surface area contributed by atoms with Crippen molar-refractivity contribution >= 4 is 43.7 Å². The lowest BCUT2D eigenvalue weighted by Gasteiger charge is -2.08. The van der Waals surface area contributed by atoms with Gasteiger partial charge in [0.2, 0.25) is 0 Å². The van der Waals surface area contributed by atoms with Crippen molar-refractivity contribution in [3.63, 3.8) is 0 Å². The Bertz CT molecular complexity index is 1880. The van der Waals surface area contributed by atoms with Crippen LogP contribution in [0.15, 0.2) is 114 Å². The van der Waals surface area contributed by atoms with E-state index in [1.54, 1.807) is 0 Å². The van der Waals surface area contributed by atoms with Gasteiger partial charge in [0.1, 0.15) is 11.2 Å². The van der Waals surface area contributed by atoms with Crippen LogP contribution in [-0.4, -0.2) is 4.57 Å². The van der Waals surface area contributed by atoms with Gasteiger partial charge in [0.05, 0.1) is 22.7 Å². The van der Waals surface area contributed by atoms with Crippen molar-refractivity contribution in [1.82, 2.24) is 4.57 Å². The maximum atomic E-state index is 9.29. The molecule has 2 heterocycles. The van der Waals surface area contributed by atoms with Gasteiger partial charge in [0.25, 0.3) is 0 Å². The van der Waals surface area contributed by atoms with E-state index in [1.165, 1.54) is 21.8 Å². The average molecular weight is 434 g/mol. The first kappa shape index (κ1) is 18.7. The summed E-state index contributed by atoms with van der Waals surface area (Å²) in [6.07, 6.45) is 0. The molecule has 0 N–H and O–H groups in total. The number of aromatic nitrogens is 1. The summed E-state index contributed by atoms with van der Waals surface area (Å²) < 4.78 is 8.50. The smallest absolute Gasteiger partial charge is 0.135 e. The van der Waals surface area contributed by atoms with E-state index in [2.05, 4.69) is 89.5 Å². The number of nitriles is 1. The summed E-state index contributed by atoms with van der Waals surface area (Å²) >= 11 is 0. The van der Waals surface area contributed by atoms with Gasteiger partial charge in [-0.05, 0) is 65.7 Å². The van der Waals surface area contributed by atoms with Crippen molar-refractivity contribution in [2.24, 2.45) is 0 Å². The number of hydrogen-bond acceptors (Lipinski definition) is 2. The van der Waals surface area contributed by atoms with Gasteiger partial charge in [-0.15, -0.1) is 0 Å². The van der Waals surface area contributed by atoms with Crippen LogP contribution in [0.25, 0.3) is 60.6 Å². The second kappa shape index (κ2) is 7.10. The zero-order chi connectivity index (χ0) is 22.6. The van der Waals surface area contributed by atoms with E-state index in [9.17, 15) is 5.26 Å². The third kappa shape index (κ3) is 2.69. The molecule has 2 aromatic heterocycles. The highest BCUT2D eigenvalue weighted by molar-refractivity contribution is 6.10. The van der Waals surface area contributed by atoms with Gasteiger partial charge in [-0.25, -0.2) is 0 Å². The molecule has 158 valence electrons. The molecular formula is C31H18N2O. The van der Waals surface area contributed by atoms with E-state index in [0.717, 1.165) is 38.8 Å². The van der Waals surface area contributed by atoms with Gasteiger partial charge < -0.3 is 8.98 Å². The molecule has 0 amide bonds. The second-order valence-corrected chi connectivity index (χ2v) is 8.56. The van der Waals surface area contributed by atoms with Gasteiger partial charge in [-0.3, -0.25) is 0 Å². The summed E-state index contributed by atoms with van der Waals surface area (Å²) in [7, 11) is 0. The molecule has 0 radical (unpaired) electrons. The van der Waals surface area contributed by atoms with Crippen molar-refractivity contribution in [2.75, 3.05) is 0 Å². The molecule has 0 bridgehead atoms. The van der Waals surface area contributed by atoms with E-state index in [1.807, 2.05) is 30.3 Å². The lowest BCUT2D eigenvalue weighted by Crippen LogP contribution is -1.93. The number of hydrogen-bond donors (Lipinski definition) is 0. The number of rotatable bonds is 2. The van der Waals surface area contributed by atoms with Crippen molar-refractivity contribution in [2.45, 2.75) is 0 Å². The number of nitrogens with zero attached hydrogens (tertiary/aromatic N) is 2. The highest BCUT2D eigenvalue weighted by atomic mass is 16.3. The Morgan fingerprint density at radius 1 is 0.559 bits per heavy atom. The van der Waals surface area contributed by atoms with Gasteiger partial charge in [0, 0.05) is 27.2 Å². The van der Waals surface area contributed by atoms with Crippen LogP contribution in [0.4, 0.5) is 0 Å². The van der Waals surface area contributed by atoms with Crippen LogP contribution < -0.4 is 0 Å². The molecule has 0 saturated heterocycles. The minimum absolute atomic E-state index is 0.656. The molecule has 0 atom stereocenters. The highest BCUT2D eigenvalue weighted by Crippen LogP contribution is 2.36. The van der Waals surface area contributed by atoms with Gasteiger partial charge >= 0.3 is 0 Å². The molecule has 34 heavy (non-hydrogen) atoms. The Morgan fingerprint density at radius 3 is 1.94 bits per heavy atom. The summed E-state index contributed by atoms with van der Waals surface area (Å²) in [4.78, 5) is 0. The molecule has 0 aliphatic carbocycles. The van der Waals surface area contributed by atoms with Crippen LogP contribution in [0, 0.1) is 11.3 Å². The summed E-state index contributed by atoms with van der Waals surface area (Å²) in [5, 5.41) is 13.9. The lowest BCUT2D eigenvalue weighted by atomic mass is 10.0. The lowest BCUT2D eigenvalue weighted by molar-refractivity contribution is 0.669. The Labute approximate surface area is 195 Å². The van der Waals surface area contributed by atoms with Gasteiger partial charge in [-0.2, -0.15) is 5.26 Å². The van der Waals surface area contributed by atoms with Crippen molar-refractivity contribution < 1.29 is 4.42 Å². The summed E-state index contributed by atoms with van der Waals surface area (Å²) in [6, 6.07) is 39.6. The van der Waals surface area contributed by atoms with Gasteiger partial charge in [-0.1, -0.05) is 54.6 Å². The Hall–Kier alpha value is -4.81. The van der Waals surface area contributed by atoms with Crippen molar-refractivity contribution in [3.8, 4) is 22.9 Å². The largest absolute Gasteiger partial charge is 0.456 e. The molecule has 7 rings (SSSR count). The first-order valence-electron chi connectivity index (χ1n) is 11.3. The molecule has 0 unspecified atom stereocenters. The summed E-state index contributed by atoms with van der Waals surface area (Å²) in [5.74, 6) is 0. The zero-order valence-corrected chi connectivity index (χ0v) is 18.2. The predicted octanol–water partition coefficient (Wildman–Crippen LogP) is 8.22. The quantitative estimate of drug-likeness (QED) is 0.275. The summed E-state index contributed by atoms with van der Waals surface area (Å²) in [5.41, 5.74) is 7.93. The monoisotopic (exact) mass is 434 g/mol. The standard InChI is InChI=1S/C31H18N2O/c32-19-20-6-5-7-21(16-20)22-12-14-30-26(17-22)27-18-23(13-15-31(27)34-30)33-28-10-3-1-8-24(28)25-9-2-4-11-29(25)33/h1-18H. The Kier molecular flexibility index (Phi) is 3.91. The Balaban J connectivity index is 1.49. The van der Waals surface area contributed by atoms with Crippen molar-refractivity contribution in [1.29, 1.82) is 5.26 Å². The maximum Gasteiger partial charge on any atom is 0.135 e. The number of para-hydroxylation sites is 2. The fraction of sp³-hybridized carbons (Fsp3) is 0. The van der Waals surface area contributed by atoms with Crippen LogP contribution in [-0.2, 0) is 0 Å². The SMILES string of the molecule is N#Cc1cccc(-c2ccc3oc4ccc(-n5c6ccccc6c6ccccc65)cc4c3c2)c1. The number of furan rings is 1. The van der Waals surface area contributed by atoms with Crippen LogP contribution >= 0.6 is 0 Å². The van der Waals surface area contributed by atoms with Crippen molar-refractivity contribution in [3.05, 3.63) is 115 Å². The fourth-order valence-electron chi connectivity index (χ4n) is 5.05. The molecule has 7 aromatic rings. The third-order valence-electron chi connectivity index (χ3n) is 6.62. The molecule has 3 heteroatoms. The van der Waals surface area contributed by atoms with Crippen LogP contribution in [0.2, 0.25) is 0 Å². The zero-order valence-electron chi connectivity index (χ0n) is 18.2. The molecule has 0 fully saturated rings. The third-order valence-corrected chi connectivity index (χ3v) is 6.62. The van der Waals surface area contributed by atoms with Gasteiger partial charge in [0.15, 0.2) is 0 Å². The fourth-order valence-corrected chi connectivity index (χ4v) is 5.05. The minimum atomic E-state index is 0.656. The molecule has 3 nitrogen and oxygen atoms in total. The molecule has 0 aliphatic heterocycles. The Morgan fingerprint density at radius 2 is 1.21 bits per heavy atom. The first-order valence-corrected chi connectivity index (χ1v) is 11.3. The molecule has 5 aromatic carbocycles. The second-order valence-electron chi connectivity index (χ2n) is 8.56. The predicted molar refractivity (Wildman–Crippen MR) is 138 cm³/mol. The molecular weight excluding hydrogens is 416 g/mol. The van der Waals surface area contributed by atoms with E-state index < -0.39 is 0 Å². The molecule has 0 spiro atoms. The minimum Gasteiger partial charge on any atom is -0.456 e. The van der Waals surface area contributed by atoms with Crippen LogP contribution in [0.5, 0.6) is 0 Å². The molecule has 0 saturated carbocycles. The normalized spacial score (nSPS) is 11.5. The number of benzene rings is 5. The average Bonchev–Trinajstić information content (AvgIpc) is 3.43. The maximum absolute atomic E-state index is 9.29.